The largest absolute Gasteiger partial charge is 0.339 e. The van der Waals surface area contributed by atoms with E-state index in [1.165, 1.54) is 6.42 Å². The summed E-state index contributed by atoms with van der Waals surface area (Å²) in [6.45, 7) is 2.26. The summed E-state index contributed by atoms with van der Waals surface area (Å²) >= 11 is 0. The molecule has 0 saturated heterocycles. The zero-order valence-corrected chi connectivity index (χ0v) is 10.2. The lowest BCUT2D eigenvalue weighted by atomic mass is 10.1. The minimum absolute atomic E-state index is 0.264. The molecule has 2 fully saturated rings. The number of hydrogen-bond donors (Lipinski definition) is 0. The van der Waals surface area contributed by atoms with Crippen LogP contribution in [-0.2, 0) is 11.2 Å². The fraction of sp³-hybridized carbons (Fsp3) is 0.769. The van der Waals surface area contributed by atoms with Crippen molar-refractivity contribution < 1.29 is 9.32 Å². The Labute approximate surface area is 101 Å². The van der Waals surface area contributed by atoms with Crippen LogP contribution in [0.2, 0.25) is 0 Å². The summed E-state index contributed by atoms with van der Waals surface area (Å²) in [5.41, 5.74) is 0. The first-order valence-electron chi connectivity index (χ1n) is 6.57. The van der Waals surface area contributed by atoms with Crippen molar-refractivity contribution in [3.8, 4) is 0 Å². The van der Waals surface area contributed by atoms with Gasteiger partial charge in [-0.1, -0.05) is 12.1 Å². The molecule has 3 rings (SSSR count). The first-order chi connectivity index (χ1) is 8.22. The Balaban J connectivity index is 1.63. The molecule has 2 aliphatic rings. The van der Waals surface area contributed by atoms with E-state index in [0.29, 0.717) is 18.2 Å². The number of nitrogens with zero attached hydrogens (tertiary/aromatic N) is 2. The van der Waals surface area contributed by atoms with Crippen molar-refractivity contribution >= 4 is 5.78 Å². The molecule has 0 amide bonds. The number of ketones is 1. The van der Waals surface area contributed by atoms with E-state index in [1.807, 2.05) is 0 Å². The predicted octanol–water partition coefficient (Wildman–Crippen LogP) is 2.49. The summed E-state index contributed by atoms with van der Waals surface area (Å²) in [7, 11) is 0. The average Bonchev–Trinajstić information content (AvgIpc) is 2.92. The first-order valence-corrected chi connectivity index (χ1v) is 6.57. The van der Waals surface area contributed by atoms with Gasteiger partial charge in [-0.3, -0.25) is 4.79 Å². The van der Waals surface area contributed by atoms with Gasteiger partial charge in [-0.15, -0.1) is 0 Å². The van der Waals surface area contributed by atoms with Crippen molar-refractivity contribution in [3.05, 3.63) is 11.7 Å². The van der Waals surface area contributed by atoms with Gasteiger partial charge in [-0.25, -0.2) is 0 Å². The normalized spacial score (nSPS) is 28.5. The van der Waals surface area contributed by atoms with Crippen molar-refractivity contribution in [3.63, 3.8) is 0 Å². The van der Waals surface area contributed by atoms with Crippen LogP contribution in [0.15, 0.2) is 4.52 Å². The number of hydrogen-bond acceptors (Lipinski definition) is 4. The number of rotatable bonds is 4. The maximum Gasteiger partial charge on any atom is 0.234 e. The summed E-state index contributed by atoms with van der Waals surface area (Å²) in [5.74, 6) is 3.06. The lowest BCUT2D eigenvalue weighted by Crippen LogP contribution is -2.05. The lowest BCUT2D eigenvalue weighted by Gasteiger charge is -2.01. The quantitative estimate of drug-likeness (QED) is 0.803. The summed E-state index contributed by atoms with van der Waals surface area (Å²) in [6.07, 6.45) is 5.96. The third kappa shape index (κ3) is 2.40. The van der Waals surface area contributed by atoms with Gasteiger partial charge in [0.2, 0.25) is 5.89 Å². The lowest BCUT2D eigenvalue weighted by molar-refractivity contribution is -0.119. The van der Waals surface area contributed by atoms with Crippen molar-refractivity contribution in [1.82, 2.24) is 10.1 Å². The molecule has 17 heavy (non-hydrogen) atoms. The van der Waals surface area contributed by atoms with Crippen LogP contribution in [0.25, 0.3) is 0 Å². The van der Waals surface area contributed by atoms with Crippen LogP contribution >= 0.6 is 0 Å². The minimum Gasteiger partial charge on any atom is -0.339 e. The van der Waals surface area contributed by atoms with Gasteiger partial charge in [0.15, 0.2) is 5.82 Å². The zero-order valence-electron chi connectivity index (χ0n) is 10.2. The Morgan fingerprint density at radius 3 is 2.82 bits per heavy atom. The van der Waals surface area contributed by atoms with E-state index in [2.05, 4.69) is 17.1 Å². The van der Waals surface area contributed by atoms with Gasteiger partial charge in [0.1, 0.15) is 5.78 Å². The van der Waals surface area contributed by atoms with Crippen LogP contribution < -0.4 is 0 Å². The molecule has 2 unspecified atom stereocenters. The zero-order chi connectivity index (χ0) is 11.8. The van der Waals surface area contributed by atoms with Crippen molar-refractivity contribution in [1.29, 1.82) is 0 Å². The van der Waals surface area contributed by atoms with Crippen LogP contribution in [-0.4, -0.2) is 15.9 Å². The van der Waals surface area contributed by atoms with Gasteiger partial charge >= 0.3 is 0 Å². The molecule has 0 spiro atoms. The van der Waals surface area contributed by atoms with E-state index in [4.69, 9.17) is 4.52 Å². The highest BCUT2D eigenvalue weighted by molar-refractivity contribution is 5.84. The van der Waals surface area contributed by atoms with Crippen LogP contribution in [0.3, 0.4) is 0 Å². The predicted molar refractivity (Wildman–Crippen MR) is 61.5 cm³/mol. The highest BCUT2D eigenvalue weighted by Crippen LogP contribution is 2.36. The Morgan fingerprint density at radius 1 is 1.35 bits per heavy atom. The summed E-state index contributed by atoms with van der Waals surface area (Å²) in [5, 5.41) is 4.03. The molecule has 1 aromatic rings. The minimum atomic E-state index is 0.264. The first kappa shape index (κ1) is 10.9. The maximum absolute atomic E-state index is 11.6. The molecule has 0 aromatic carbocycles. The van der Waals surface area contributed by atoms with Gasteiger partial charge in [-0.05, 0) is 38.0 Å². The Bertz CT molecular complexity index is 423. The molecule has 0 radical (unpaired) electrons. The molecule has 0 bridgehead atoms. The van der Waals surface area contributed by atoms with Crippen molar-refractivity contribution in [2.45, 2.75) is 51.4 Å². The third-order valence-corrected chi connectivity index (χ3v) is 3.90. The van der Waals surface area contributed by atoms with Crippen LogP contribution in [0.4, 0.5) is 0 Å². The number of carbonyl (C=O) groups is 1. The molecular weight excluding hydrogens is 216 g/mol. The second-order valence-corrected chi connectivity index (χ2v) is 5.58. The fourth-order valence-electron chi connectivity index (χ4n) is 2.65. The van der Waals surface area contributed by atoms with Crippen molar-refractivity contribution in [2.24, 2.45) is 11.8 Å². The van der Waals surface area contributed by atoms with Crippen LogP contribution in [0, 0.1) is 11.8 Å². The standard InChI is InChI=1S/C13H18N2O2/c1-8-2-3-10(6-8)13-14-12(17-15-13)7-11(16)9-4-5-9/h8-10H,2-7H2,1H3. The molecule has 2 saturated carbocycles. The molecule has 1 aromatic heterocycles. The summed E-state index contributed by atoms with van der Waals surface area (Å²) < 4.78 is 5.18. The monoisotopic (exact) mass is 234 g/mol. The van der Waals surface area contributed by atoms with Gasteiger partial charge < -0.3 is 4.52 Å². The van der Waals surface area contributed by atoms with E-state index in [0.717, 1.165) is 37.4 Å². The molecule has 4 heteroatoms. The van der Waals surface area contributed by atoms with E-state index in [9.17, 15) is 4.79 Å². The topological polar surface area (TPSA) is 56.0 Å². The molecule has 2 atom stereocenters. The second-order valence-electron chi connectivity index (χ2n) is 5.58. The van der Waals surface area contributed by atoms with Gasteiger partial charge in [-0.2, -0.15) is 4.98 Å². The molecular formula is C13H18N2O2. The summed E-state index contributed by atoms with van der Waals surface area (Å²) in [6, 6.07) is 0. The van der Waals surface area contributed by atoms with E-state index < -0.39 is 0 Å². The molecule has 0 N–H and O–H groups in total. The average molecular weight is 234 g/mol. The summed E-state index contributed by atoms with van der Waals surface area (Å²) in [4.78, 5) is 16.0. The third-order valence-electron chi connectivity index (χ3n) is 3.90. The maximum atomic E-state index is 11.6. The number of Topliss-reactive ketones (excluding diaryl/α,β-unsaturated/α-hetero) is 1. The second kappa shape index (κ2) is 4.24. The van der Waals surface area contributed by atoms with Crippen molar-refractivity contribution in [2.75, 3.05) is 0 Å². The number of carbonyl (C=O) groups excluding carboxylic acids is 1. The number of aromatic nitrogens is 2. The molecule has 2 aliphatic carbocycles. The van der Waals surface area contributed by atoms with Crippen LogP contribution in [0.1, 0.15) is 56.7 Å². The van der Waals surface area contributed by atoms with E-state index in [-0.39, 0.29) is 11.7 Å². The Morgan fingerprint density at radius 2 is 2.18 bits per heavy atom. The van der Waals surface area contributed by atoms with E-state index in [1.54, 1.807) is 0 Å². The van der Waals surface area contributed by atoms with Gasteiger partial charge in [0.05, 0.1) is 6.42 Å². The molecule has 0 aliphatic heterocycles. The van der Waals surface area contributed by atoms with Crippen LogP contribution in [0.5, 0.6) is 0 Å². The Hall–Kier alpha value is -1.19. The Kier molecular flexibility index (Phi) is 2.73. The highest BCUT2D eigenvalue weighted by atomic mass is 16.5. The highest BCUT2D eigenvalue weighted by Gasteiger charge is 2.31. The SMILES string of the molecule is CC1CCC(c2noc(CC(=O)C3CC3)n2)C1. The molecule has 92 valence electrons. The van der Waals surface area contributed by atoms with Gasteiger partial charge in [0.25, 0.3) is 0 Å². The molecule has 4 nitrogen and oxygen atoms in total. The smallest absolute Gasteiger partial charge is 0.234 e. The van der Waals surface area contributed by atoms with Gasteiger partial charge in [0, 0.05) is 11.8 Å². The molecule has 1 heterocycles. The fourth-order valence-corrected chi connectivity index (χ4v) is 2.65. The van der Waals surface area contributed by atoms with E-state index >= 15 is 0 Å².